The van der Waals surface area contributed by atoms with Crippen LogP contribution in [0.15, 0.2) is 48.5 Å². The lowest BCUT2D eigenvalue weighted by Crippen LogP contribution is -2.38. The Balaban J connectivity index is 2.02. The van der Waals surface area contributed by atoms with Crippen LogP contribution in [0.2, 0.25) is 0 Å². The number of hydrogen-bond donors (Lipinski definition) is 1. The normalized spacial score (nSPS) is 18.1. The molecule has 22 heavy (non-hydrogen) atoms. The number of nitrogens with zero attached hydrogens (tertiary/aromatic N) is 1. The fourth-order valence-electron chi connectivity index (χ4n) is 3.50. The van der Waals surface area contributed by atoms with Gasteiger partial charge in [0.15, 0.2) is 0 Å². The van der Waals surface area contributed by atoms with Gasteiger partial charge in [0.25, 0.3) is 0 Å². The molecule has 1 heterocycles. The molecule has 0 radical (unpaired) electrons. The van der Waals surface area contributed by atoms with Crippen molar-refractivity contribution in [2.24, 2.45) is 5.73 Å². The molecule has 0 saturated heterocycles. The van der Waals surface area contributed by atoms with E-state index in [9.17, 15) is 0 Å². The number of anilines is 1. The summed E-state index contributed by atoms with van der Waals surface area (Å²) in [5.74, 6) is 0.942. The highest BCUT2D eigenvalue weighted by Gasteiger charge is 2.32. The minimum atomic E-state index is 0.140. The van der Waals surface area contributed by atoms with Crippen LogP contribution < -0.4 is 15.4 Å². The monoisotopic (exact) mass is 296 g/mol. The number of benzene rings is 2. The van der Waals surface area contributed by atoms with Crippen molar-refractivity contribution >= 4 is 5.69 Å². The predicted octanol–water partition coefficient (Wildman–Crippen LogP) is 3.54. The van der Waals surface area contributed by atoms with Crippen LogP contribution >= 0.6 is 0 Å². The largest absolute Gasteiger partial charge is 0.494 e. The van der Waals surface area contributed by atoms with Crippen molar-refractivity contribution in [1.82, 2.24) is 0 Å². The third-order valence-corrected chi connectivity index (χ3v) is 4.40. The van der Waals surface area contributed by atoms with E-state index in [1.807, 2.05) is 19.1 Å². The average molecular weight is 296 g/mol. The van der Waals surface area contributed by atoms with Gasteiger partial charge in [0.2, 0.25) is 0 Å². The minimum absolute atomic E-state index is 0.140. The van der Waals surface area contributed by atoms with Crippen molar-refractivity contribution in [3.63, 3.8) is 0 Å². The first kappa shape index (κ1) is 14.9. The quantitative estimate of drug-likeness (QED) is 0.917. The SMILES string of the molecule is CCOc1ccccc1C(CN)N1c2ccccc2CC1C. The van der Waals surface area contributed by atoms with E-state index in [1.54, 1.807) is 0 Å². The van der Waals surface area contributed by atoms with Crippen molar-refractivity contribution in [2.75, 3.05) is 18.1 Å². The topological polar surface area (TPSA) is 38.5 Å². The summed E-state index contributed by atoms with van der Waals surface area (Å²) in [6.45, 7) is 5.52. The van der Waals surface area contributed by atoms with Crippen molar-refractivity contribution in [3.8, 4) is 5.75 Å². The Morgan fingerprint density at radius 2 is 1.91 bits per heavy atom. The molecule has 2 N–H and O–H groups in total. The van der Waals surface area contributed by atoms with E-state index < -0.39 is 0 Å². The zero-order valence-corrected chi connectivity index (χ0v) is 13.3. The highest BCUT2D eigenvalue weighted by Crippen LogP contribution is 2.40. The molecule has 3 heteroatoms. The Morgan fingerprint density at radius 1 is 1.18 bits per heavy atom. The molecular weight excluding hydrogens is 272 g/mol. The maximum atomic E-state index is 6.17. The Labute approximate surface area is 132 Å². The lowest BCUT2D eigenvalue weighted by molar-refractivity contribution is 0.333. The third-order valence-electron chi connectivity index (χ3n) is 4.40. The smallest absolute Gasteiger partial charge is 0.124 e. The molecule has 0 amide bonds. The Hall–Kier alpha value is -2.00. The second-order valence-electron chi connectivity index (χ2n) is 5.81. The van der Waals surface area contributed by atoms with Crippen LogP contribution in [0, 0.1) is 0 Å². The molecule has 3 nitrogen and oxygen atoms in total. The Morgan fingerprint density at radius 3 is 2.68 bits per heavy atom. The van der Waals surface area contributed by atoms with E-state index in [4.69, 9.17) is 10.5 Å². The van der Waals surface area contributed by atoms with Gasteiger partial charge in [0.1, 0.15) is 5.75 Å². The van der Waals surface area contributed by atoms with E-state index >= 15 is 0 Å². The zero-order chi connectivity index (χ0) is 15.5. The molecule has 1 aliphatic rings. The second kappa shape index (κ2) is 6.41. The molecule has 3 rings (SSSR count). The maximum Gasteiger partial charge on any atom is 0.124 e. The van der Waals surface area contributed by atoms with Crippen LogP contribution in [-0.2, 0) is 6.42 Å². The van der Waals surface area contributed by atoms with Crippen molar-refractivity contribution in [3.05, 3.63) is 59.7 Å². The van der Waals surface area contributed by atoms with Crippen molar-refractivity contribution < 1.29 is 4.74 Å². The molecule has 0 fully saturated rings. The number of ether oxygens (including phenoxy) is 1. The fourth-order valence-corrected chi connectivity index (χ4v) is 3.50. The third kappa shape index (κ3) is 2.57. The molecular formula is C19H24N2O. The van der Waals surface area contributed by atoms with E-state index in [2.05, 4.69) is 48.2 Å². The van der Waals surface area contributed by atoms with Crippen LogP contribution in [-0.4, -0.2) is 19.2 Å². The van der Waals surface area contributed by atoms with Crippen LogP contribution in [0.4, 0.5) is 5.69 Å². The molecule has 2 aromatic rings. The standard InChI is InChI=1S/C19H24N2O/c1-3-22-19-11-7-5-9-16(19)18(13-20)21-14(2)12-15-8-4-6-10-17(15)21/h4-11,14,18H,3,12-13,20H2,1-2H3. The lowest BCUT2D eigenvalue weighted by Gasteiger charge is -2.34. The first-order valence-corrected chi connectivity index (χ1v) is 8.04. The molecule has 0 spiro atoms. The van der Waals surface area contributed by atoms with Gasteiger partial charge in [0, 0.05) is 23.8 Å². The molecule has 0 bridgehead atoms. The summed E-state index contributed by atoms with van der Waals surface area (Å²) < 4.78 is 5.82. The number of hydrogen-bond acceptors (Lipinski definition) is 3. The summed E-state index contributed by atoms with van der Waals surface area (Å²) in [5.41, 5.74) is 10.1. The van der Waals surface area contributed by atoms with Gasteiger partial charge in [-0.15, -0.1) is 0 Å². The molecule has 0 saturated carbocycles. The zero-order valence-electron chi connectivity index (χ0n) is 13.3. The summed E-state index contributed by atoms with van der Waals surface area (Å²) in [6, 6.07) is 17.5. The molecule has 0 aromatic heterocycles. The van der Waals surface area contributed by atoms with Crippen molar-refractivity contribution in [2.45, 2.75) is 32.4 Å². The highest BCUT2D eigenvalue weighted by atomic mass is 16.5. The van der Waals surface area contributed by atoms with E-state index in [1.165, 1.54) is 16.8 Å². The van der Waals surface area contributed by atoms with Gasteiger partial charge in [-0.25, -0.2) is 0 Å². The first-order chi connectivity index (χ1) is 10.8. The minimum Gasteiger partial charge on any atom is -0.494 e. The van der Waals surface area contributed by atoms with Crippen LogP contribution in [0.25, 0.3) is 0 Å². The van der Waals surface area contributed by atoms with Gasteiger partial charge < -0.3 is 15.4 Å². The molecule has 116 valence electrons. The first-order valence-electron chi connectivity index (χ1n) is 8.04. The molecule has 2 atom stereocenters. The van der Waals surface area contributed by atoms with E-state index in [0.29, 0.717) is 19.2 Å². The van der Waals surface area contributed by atoms with Gasteiger partial charge in [-0.3, -0.25) is 0 Å². The summed E-state index contributed by atoms with van der Waals surface area (Å²) >= 11 is 0. The maximum absolute atomic E-state index is 6.17. The number of fused-ring (bicyclic) bond motifs is 1. The van der Waals surface area contributed by atoms with Gasteiger partial charge in [-0.1, -0.05) is 36.4 Å². The van der Waals surface area contributed by atoms with Crippen LogP contribution in [0.1, 0.15) is 31.0 Å². The predicted molar refractivity (Wildman–Crippen MR) is 91.5 cm³/mol. The highest BCUT2D eigenvalue weighted by molar-refractivity contribution is 5.61. The molecule has 1 aliphatic heterocycles. The van der Waals surface area contributed by atoms with Gasteiger partial charge in [-0.05, 0) is 38.0 Å². The summed E-state index contributed by atoms with van der Waals surface area (Å²) in [6.07, 6.45) is 1.07. The summed E-state index contributed by atoms with van der Waals surface area (Å²) in [7, 11) is 0. The van der Waals surface area contributed by atoms with Gasteiger partial charge in [0.05, 0.1) is 12.6 Å². The number of rotatable bonds is 5. The number of nitrogens with two attached hydrogens (primary N) is 1. The lowest BCUT2D eigenvalue weighted by atomic mass is 10.0. The Kier molecular flexibility index (Phi) is 4.34. The second-order valence-corrected chi connectivity index (χ2v) is 5.81. The molecule has 0 aliphatic carbocycles. The van der Waals surface area contributed by atoms with E-state index in [-0.39, 0.29) is 6.04 Å². The number of para-hydroxylation sites is 2. The van der Waals surface area contributed by atoms with Gasteiger partial charge >= 0.3 is 0 Å². The van der Waals surface area contributed by atoms with E-state index in [0.717, 1.165) is 12.2 Å². The summed E-state index contributed by atoms with van der Waals surface area (Å²) in [5, 5.41) is 0. The van der Waals surface area contributed by atoms with Crippen LogP contribution in [0.5, 0.6) is 5.75 Å². The molecule has 2 unspecified atom stereocenters. The molecule has 2 aromatic carbocycles. The van der Waals surface area contributed by atoms with Crippen LogP contribution in [0.3, 0.4) is 0 Å². The Bertz CT molecular complexity index is 641. The fraction of sp³-hybridized carbons (Fsp3) is 0.368. The van der Waals surface area contributed by atoms with Crippen molar-refractivity contribution in [1.29, 1.82) is 0 Å². The van der Waals surface area contributed by atoms with Gasteiger partial charge in [-0.2, -0.15) is 0 Å². The average Bonchev–Trinajstić information content (AvgIpc) is 2.87. The summed E-state index contributed by atoms with van der Waals surface area (Å²) in [4.78, 5) is 2.45.